The summed E-state index contributed by atoms with van der Waals surface area (Å²) >= 11 is 0. The zero-order chi connectivity index (χ0) is 14.8. The van der Waals surface area contributed by atoms with Crippen LogP contribution in [0.1, 0.15) is 22.8 Å². The lowest BCUT2D eigenvalue weighted by molar-refractivity contribution is -0.138. The van der Waals surface area contributed by atoms with Crippen LogP contribution in [0.25, 0.3) is 11.3 Å². The molecule has 1 aromatic carbocycles. The zero-order valence-electron chi connectivity index (χ0n) is 10.6. The molecule has 0 spiro atoms. The highest BCUT2D eigenvalue weighted by Crippen LogP contribution is 2.37. The average molecular weight is 283 g/mol. The second-order valence-corrected chi connectivity index (χ2v) is 4.04. The summed E-state index contributed by atoms with van der Waals surface area (Å²) in [4.78, 5) is 14.3. The number of halogens is 3. The van der Waals surface area contributed by atoms with Gasteiger partial charge in [0.15, 0.2) is 0 Å². The number of aromatic amines is 1. The summed E-state index contributed by atoms with van der Waals surface area (Å²) in [5.41, 5.74) is -0.900. The van der Waals surface area contributed by atoms with Gasteiger partial charge in [-0.2, -0.15) is 13.2 Å². The van der Waals surface area contributed by atoms with Crippen LogP contribution >= 0.6 is 0 Å². The van der Waals surface area contributed by atoms with Crippen LogP contribution in [0.5, 0.6) is 0 Å². The van der Waals surface area contributed by atoms with Crippen LogP contribution in [-0.2, 0) is 10.9 Å². The van der Waals surface area contributed by atoms with E-state index in [0.29, 0.717) is 5.56 Å². The maximum Gasteiger partial charge on any atom is 0.418 e. The second-order valence-electron chi connectivity index (χ2n) is 4.04. The maximum atomic E-state index is 13.0. The molecule has 0 amide bonds. The predicted molar refractivity (Wildman–Crippen MR) is 67.2 cm³/mol. The number of nitrogens with one attached hydrogen (secondary N) is 1. The van der Waals surface area contributed by atoms with Gasteiger partial charge in [-0.05, 0) is 12.5 Å². The fourth-order valence-electron chi connectivity index (χ4n) is 1.89. The van der Waals surface area contributed by atoms with Crippen molar-refractivity contribution in [3.8, 4) is 11.3 Å². The standard InChI is InChI=1S/C14H12F3NO2/c1-2-20-13(19)11-10(14(15,16)17)8-18-12(11)9-6-4-3-5-7-9/h3-8,18H,2H2,1H3. The zero-order valence-corrected chi connectivity index (χ0v) is 10.6. The van der Waals surface area contributed by atoms with Crippen LogP contribution in [0, 0.1) is 0 Å². The van der Waals surface area contributed by atoms with Crippen molar-refractivity contribution in [2.45, 2.75) is 13.1 Å². The molecule has 1 heterocycles. The van der Waals surface area contributed by atoms with E-state index < -0.39 is 23.3 Å². The van der Waals surface area contributed by atoms with E-state index in [1.54, 1.807) is 37.3 Å². The molecule has 0 bridgehead atoms. The molecule has 0 unspecified atom stereocenters. The Morgan fingerprint density at radius 1 is 1.25 bits per heavy atom. The number of H-pyrrole nitrogens is 1. The molecule has 0 atom stereocenters. The molecule has 0 aliphatic carbocycles. The third-order valence-corrected chi connectivity index (χ3v) is 2.73. The van der Waals surface area contributed by atoms with Gasteiger partial charge in [-0.25, -0.2) is 4.79 Å². The summed E-state index contributed by atoms with van der Waals surface area (Å²) in [5.74, 6) is -0.986. The molecule has 1 aromatic heterocycles. The number of carbonyl (C=O) groups is 1. The first-order valence-electron chi connectivity index (χ1n) is 5.96. The van der Waals surface area contributed by atoms with Gasteiger partial charge < -0.3 is 9.72 Å². The first kappa shape index (κ1) is 14.2. The smallest absolute Gasteiger partial charge is 0.418 e. The highest BCUT2D eigenvalue weighted by atomic mass is 19.4. The summed E-state index contributed by atoms with van der Waals surface area (Å²) in [6.45, 7) is 1.55. The van der Waals surface area contributed by atoms with Crippen molar-refractivity contribution in [3.05, 3.63) is 47.7 Å². The molecule has 6 heteroatoms. The van der Waals surface area contributed by atoms with Crippen molar-refractivity contribution in [2.24, 2.45) is 0 Å². The van der Waals surface area contributed by atoms with E-state index in [0.717, 1.165) is 6.20 Å². The van der Waals surface area contributed by atoms with E-state index >= 15 is 0 Å². The number of ether oxygens (including phenoxy) is 1. The number of hydrogen-bond donors (Lipinski definition) is 1. The Labute approximate surface area is 113 Å². The van der Waals surface area contributed by atoms with Crippen molar-refractivity contribution in [2.75, 3.05) is 6.61 Å². The van der Waals surface area contributed by atoms with Crippen molar-refractivity contribution in [1.82, 2.24) is 4.98 Å². The highest BCUT2D eigenvalue weighted by molar-refractivity contribution is 5.98. The Bertz CT molecular complexity index is 603. The fraction of sp³-hybridized carbons (Fsp3) is 0.214. The largest absolute Gasteiger partial charge is 0.462 e. The van der Waals surface area contributed by atoms with Gasteiger partial charge in [-0.3, -0.25) is 0 Å². The second kappa shape index (κ2) is 5.40. The molecule has 2 aromatic rings. The summed E-state index contributed by atoms with van der Waals surface area (Å²) in [6.07, 6.45) is -3.83. The number of alkyl halides is 3. The Morgan fingerprint density at radius 3 is 2.45 bits per heavy atom. The molecule has 3 nitrogen and oxygen atoms in total. The molecule has 1 N–H and O–H groups in total. The van der Waals surface area contributed by atoms with Gasteiger partial charge in [0.2, 0.25) is 0 Å². The summed E-state index contributed by atoms with van der Waals surface area (Å²) in [7, 11) is 0. The van der Waals surface area contributed by atoms with Crippen molar-refractivity contribution in [3.63, 3.8) is 0 Å². The van der Waals surface area contributed by atoms with Gasteiger partial charge >= 0.3 is 12.1 Å². The third-order valence-electron chi connectivity index (χ3n) is 2.73. The van der Waals surface area contributed by atoms with E-state index in [9.17, 15) is 18.0 Å². The first-order valence-corrected chi connectivity index (χ1v) is 5.96. The molecule has 20 heavy (non-hydrogen) atoms. The summed E-state index contributed by atoms with van der Waals surface area (Å²) < 4.78 is 43.6. The monoisotopic (exact) mass is 283 g/mol. The third kappa shape index (κ3) is 2.68. The van der Waals surface area contributed by atoms with Crippen LogP contribution in [0.2, 0.25) is 0 Å². The molecule has 0 aliphatic rings. The quantitative estimate of drug-likeness (QED) is 0.869. The number of aromatic nitrogens is 1. The van der Waals surface area contributed by atoms with E-state index in [1.807, 2.05) is 0 Å². The lowest BCUT2D eigenvalue weighted by Gasteiger charge is -2.09. The lowest BCUT2D eigenvalue weighted by atomic mass is 10.0. The van der Waals surface area contributed by atoms with Gasteiger partial charge in [-0.1, -0.05) is 30.3 Å². The predicted octanol–water partition coefficient (Wildman–Crippen LogP) is 3.88. The SMILES string of the molecule is CCOC(=O)c1c(C(F)(F)F)c[nH]c1-c1ccccc1. The van der Waals surface area contributed by atoms with Crippen LogP contribution in [0.15, 0.2) is 36.5 Å². The molecule has 0 radical (unpaired) electrons. The number of benzene rings is 1. The van der Waals surface area contributed by atoms with Crippen LogP contribution in [-0.4, -0.2) is 17.6 Å². The number of carbonyl (C=O) groups excluding carboxylic acids is 1. The maximum absolute atomic E-state index is 13.0. The van der Waals surface area contributed by atoms with Crippen LogP contribution < -0.4 is 0 Å². The minimum absolute atomic E-state index is 0.00946. The van der Waals surface area contributed by atoms with Crippen LogP contribution in [0.4, 0.5) is 13.2 Å². The summed E-state index contributed by atoms with van der Waals surface area (Å²) in [5, 5.41) is 0. The molecule has 0 saturated heterocycles. The normalized spacial score (nSPS) is 11.4. The van der Waals surface area contributed by atoms with Gasteiger partial charge in [0.25, 0.3) is 0 Å². The van der Waals surface area contributed by atoms with E-state index in [2.05, 4.69) is 4.98 Å². The molecular weight excluding hydrogens is 271 g/mol. The number of rotatable bonds is 3. The minimum atomic E-state index is -4.62. The minimum Gasteiger partial charge on any atom is -0.462 e. The van der Waals surface area contributed by atoms with E-state index in [-0.39, 0.29) is 12.3 Å². The van der Waals surface area contributed by atoms with Crippen LogP contribution in [0.3, 0.4) is 0 Å². The summed E-state index contributed by atoms with van der Waals surface area (Å²) in [6, 6.07) is 8.33. The molecular formula is C14H12F3NO2. The molecule has 0 aliphatic heterocycles. The molecule has 106 valence electrons. The van der Waals surface area contributed by atoms with E-state index in [1.165, 1.54) is 0 Å². The lowest BCUT2D eigenvalue weighted by Crippen LogP contribution is -2.13. The molecule has 0 saturated carbocycles. The van der Waals surface area contributed by atoms with Gasteiger partial charge in [0, 0.05) is 6.20 Å². The first-order chi connectivity index (χ1) is 9.45. The Balaban J connectivity index is 2.59. The Morgan fingerprint density at radius 2 is 1.90 bits per heavy atom. The molecule has 2 rings (SSSR count). The highest BCUT2D eigenvalue weighted by Gasteiger charge is 2.38. The van der Waals surface area contributed by atoms with Gasteiger partial charge in [0.1, 0.15) is 0 Å². The fourth-order valence-corrected chi connectivity index (χ4v) is 1.89. The van der Waals surface area contributed by atoms with Crippen molar-refractivity contribution < 1.29 is 22.7 Å². The van der Waals surface area contributed by atoms with Crippen molar-refractivity contribution in [1.29, 1.82) is 0 Å². The molecule has 0 fully saturated rings. The Hall–Kier alpha value is -2.24. The van der Waals surface area contributed by atoms with E-state index in [4.69, 9.17) is 4.74 Å². The van der Waals surface area contributed by atoms with Gasteiger partial charge in [-0.15, -0.1) is 0 Å². The topological polar surface area (TPSA) is 42.1 Å². The van der Waals surface area contributed by atoms with Crippen molar-refractivity contribution >= 4 is 5.97 Å². The number of hydrogen-bond acceptors (Lipinski definition) is 2. The van der Waals surface area contributed by atoms with Gasteiger partial charge in [0.05, 0.1) is 23.4 Å². The average Bonchev–Trinajstić information content (AvgIpc) is 2.84. The number of esters is 1. The Kier molecular flexibility index (Phi) is 3.83.